The maximum atomic E-state index is 12.3. The van der Waals surface area contributed by atoms with Gasteiger partial charge in [-0.05, 0) is 48.7 Å². The Balaban J connectivity index is 1.60. The van der Waals surface area contributed by atoms with Crippen LogP contribution in [0.4, 0.5) is 10.5 Å². The van der Waals surface area contributed by atoms with Crippen LogP contribution in [-0.4, -0.2) is 23.4 Å². The number of nitrogens with zero attached hydrogens (tertiary/aromatic N) is 1. The lowest BCUT2D eigenvalue weighted by molar-refractivity contribution is -0.128. The number of likely N-dealkylation sites (tertiary alicyclic amines) is 1. The van der Waals surface area contributed by atoms with E-state index < -0.39 is 0 Å². The summed E-state index contributed by atoms with van der Waals surface area (Å²) in [5.41, 5.74) is 2.44. The summed E-state index contributed by atoms with van der Waals surface area (Å²) in [6, 6.07) is 12.1. The van der Waals surface area contributed by atoms with Crippen molar-refractivity contribution >= 4 is 40.8 Å². The van der Waals surface area contributed by atoms with E-state index in [2.05, 4.69) is 10.6 Å². The van der Waals surface area contributed by atoms with E-state index in [0.717, 1.165) is 24.1 Å². The normalized spacial score (nSPS) is 14.9. The highest BCUT2D eigenvalue weighted by Gasteiger charge is 2.20. The number of hydrogen-bond acceptors (Lipinski definition) is 2. The smallest absolute Gasteiger partial charge is 0.319 e. The second kappa shape index (κ2) is 8.63. The number of carbonyl (C=O) groups excluding carboxylic acids is 2. The molecule has 1 heterocycles. The standard InChI is InChI=1S/C20H21Cl2N3O2/c1-13(17-8-7-15(21)11-18(17)22)23-20(27)24-16-5-2-4-14(10-16)12-25-9-3-6-19(25)26/h2,4-5,7-8,10-11,13H,3,6,9,12H2,1H3,(H2,23,24,27)/t13-/m0/s1. The number of anilines is 1. The Hall–Kier alpha value is -2.24. The number of benzene rings is 2. The molecule has 0 aromatic heterocycles. The number of carbonyl (C=O) groups is 2. The molecule has 1 aliphatic rings. The van der Waals surface area contributed by atoms with E-state index >= 15 is 0 Å². The van der Waals surface area contributed by atoms with Crippen LogP contribution in [0.2, 0.25) is 10.0 Å². The van der Waals surface area contributed by atoms with E-state index in [-0.39, 0.29) is 18.0 Å². The number of halogens is 2. The van der Waals surface area contributed by atoms with Crippen molar-refractivity contribution in [2.75, 3.05) is 11.9 Å². The minimum atomic E-state index is -0.331. The molecule has 0 radical (unpaired) electrons. The van der Waals surface area contributed by atoms with Crippen LogP contribution in [0.1, 0.15) is 36.9 Å². The molecule has 1 fully saturated rings. The third-order valence-corrected chi connectivity index (χ3v) is 5.07. The fourth-order valence-electron chi connectivity index (χ4n) is 3.13. The molecule has 0 unspecified atom stereocenters. The summed E-state index contributed by atoms with van der Waals surface area (Å²) in [4.78, 5) is 25.9. The first-order valence-corrected chi connectivity index (χ1v) is 9.57. The van der Waals surface area contributed by atoms with Crippen molar-refractivity contribution in [3.63, 3.8) is 0 Å². The first-order valence-electron chi connectivity index (χ1n) is 8.81. The largest absolute Gasteiger partial charge is 0.338 e. The Morgan fingerprint density at radius 1 is 1.22 bits per heavy atom. The van der Waals surface area contributed by atoms with Gasteiger partial charge >= 0.3 is 6.03 Å². The lowest BCUT2D eigenvalue weighted by Gasteiger charge is -2.18. The molecule has 3 amide bonds. The maximum Gasteiger partial charge on any atom is 0.319 e. The maximum absolute atomic E-state index is 12.3. The second-order valence-corrected chi connectivity index (χ2v) is 7.45. The van der Waals surface area contributed by atoms with Crippen LogP contribution in [0, 0.1) is 0 Å². The molecule has 1 aliphatic heterocycles. The van der Waals surface area contributed by atoms with Gasteiger partial charge in [0.15, 0.2) is 0 Å². The molecule has 27 heavy (non-hydrogen) atoms. The molecular formula is C20H21Cl2N3O2. The third kappa shape index (κ3) is 5.15. The summed E-state index contributed by atoms with van der Waals surface area (Å²) in [6.45, 7) is 3.20. The zero-order valence-corrected chi connectivity index (χ0v) is 16.5. The SMILES string of the molecule is C[C@H](NC(=O)Nc1cccc(CN2CCCC2=O)c1)c1ccc(Cl)cc1Cl. The van der Waals surface area contributed by atoms with Crippen LogP contribution in [0.25, 0.3) is 0 Å². The van der Waals surface area contributed by atoms with Crippen molar-refractivity contribution in [3.8, 4) is 0 Å². The van der Waals surface area contributed by atoms with Gasteiger partial charge in [0.25, 0.3) is 0 Å². The lowest BCUT2D eigenvalue weighted by Crippen LogP contribution is -2.31. The van der Waals surface area contributed by atoms with Crippen molar-refractivity contribution in [3.05, 3.63) is 63.6 Å². The van der Waals surface area contributed by atoms with E-state index in [1.54, 1.807) is 18.2 Å². The molecule has 2 aromatic carbocycles. The lowest BCUT2D eigenvalue weighted by atomic mass is 10.1. The van der Waals surface area contributed by atoms with Gasteiger partial charge in [0, 0.05) is 35.2 Å². The van der Waals surface area contributed by atoms with Gasteiger partial charge in [-0.15, -0.1) is 0 Å². The molecule has 0 saturated carbocycles. The summed E-state index contributed by atoms with van der Waals surface area (Å²) in [5.74, 6) is 0.180. The summed E-state index contributed by atoms with van der Waals surface area (Å²) >= 11 is 12.1. The summed E-state index contributed by atoms with van der Waals surface area (Å²) in [7, 11) is 0. The monoisotopic (exact) mass is 405 g/mol. The fraction of sp³-hybridized carbons (Fsp3) is 0.300. The quantitative estimate of drug-likeness (QED) is 0.734. The van der Waals surface area contributed by atoms with E-state index in [4.69, 9.17) is 23.2 Å². The average Bonchev–Trinajstić information content (AvgIpc) is 2.99. The molecule has 0 aliphatic carbocycles. The van der Waals surface area contributed by atoms with Crippen molar-refractivity contribution in [2.24, 2.45) is 0 Å². The minimum absolute atomic E-state index is 0.180. The van der Waals surface area contributed by atoms with Crippen LogP contribution in [0.15, 0.2) is 42.5 Å². The van der Waals surface area contributed by atoms with Gasteiger partial charge in [-0.1, -0.05) is 41.4 Å². The van der Waals surface area contributed by atoms with E-state index in [1.165, 1.54) is 0 Å². The summed E-state index contributed by atoms with van der Waals surface area (Å²) in [6.07, 6.45) is 1.52. The van der Waals surface area contributed by atoms with Crippen molar-refractivity contribution in [1.82, 2.24) is 10.2 Å². The highest BCUT2D eigenvalue weighted by atomic mass is 35.5. The molecule has 2 aromatic rings. The highest BCUT2D eigenvalue weighted by Crippen LogP contribution is 2.26. The van der Waals surface area contributed by atoms with Gasteiger partial charge in [0.05, 0.1) is 6.04 Å². The van der Waals surface area contributed by atoms with Crippen LogP contribution >= 0.6 is 23.2 Å². The predicted molar refractivity (Wildman–Crippen MR) is 108 cm³/mol. The van der Waals surface area contributed by atoms with Gasteiger partial charge in [0.1, 0.15) is 0 Å². The Labute approximate surface area is 168 Å². The first kappa shape index (κ1) is 19.5. The molecule has 7 heteroatoms. The second-order valence-electron chi connectivity index (χ2n) is 6.61. The zero-order valence-electron chi connectivity index (χ0n) is 15.0. The molecule has 1 saturated heterocycles. The summed E-state index contributed by atoms with van der Waals surface area (Å²) in [5, 5.41) is 6.75. The number of nitrogens with one attached hydrogen (secondary N) is 2. The zero-order chi connectivity index (χ0) is 19.4. The number of hydrogen-bond donors (Lipinski definition) is 2. The molecule has 1 atom stereocenters. The molecule has 142 valence electrons. The molecule has 0 bridgehead atoms. The Morgan fingerprint density at radius 3 is 2.74 bits per heavy atom. The van der Waals surface area contributed by atoms with Gasteiger partial charge < -0.3 is 15.5 Å². The van der Waals surface area contributed by atoms with Crippen LogP contribution < -0.4 is 10.6 Å². The minimum Gasteiger partial charge on any atom is -0.338 e. The fourth-order valence-corrected chi connectivity index (χ4v) is 3.71. The topological polar surface area (TPSA) is 61.4 Å². The molecular weight excluding hydrogens is 385 g/mol. The van der Waals surface area contributed by atoms with Crippen molar-refractivity contribution in [2.45, 2.75) is 32.4 Å². The van der Waals surface area contributed by atoms with Crippen molar-refractivity contribution in [1.29, 1.82) is 0 Å². The molecule has 5 nitrogen and oxygen atoms in total. The molecule has 2 N–H and O–H groups in total. The Morgan fingerprint density at radius 2 is 2.04 bits per heavy atom. The molecule has 0 spiro atoms. The third-order valence-electron chi connectivity index (χ3n) is 4.51. The van der Waals surface area contributed by atoms with Gasteiger partial charge in [-0.3, -0.25) is 4.79 Å². The number of rotatable bonds is 5. The van der Waals surface area contributed by atoms with Gasteiger partial charge in [-0.25, -0.2) is 4.79 Å². The van der Waals surface area contributed by atoms with Gasteiger partial charge in [-0.2, -0.15) is 0 Å². The van der Waals surface area contributed by atoms with Crippen LogP contribution in [0.5, 0.6) is 0 Å². The Kier molecular flexibility index (Phi) is 6.24. The van der Waals surface area contributed by atoms with E-state index in [0.29, 0.717) is 28.7 Å². The molecule has 3 rings (SSSR count). The average molecular weight is 406 g/mol. The number of urea groups is 1. The highest BCUT2D eigenvalue weighted by molar-refractivity contribution is 6.35. The van der Waals surface area contributed by atoms with E-state index in [1.807, 2.05) is 36.1 Å². The van der Waals surface area contributed by atoms with Crippen molar-refractivity contribution < 1.29 is 9.59 Å². The first-order chi connectivity index (χ1) is 12.9. The van der Waals surface area contributed by atoms with E-state index in [9.17, 15) is 9.59 Å². The van der Waals surface area contributed by atoms with Gasteiger partial charge in [0.2, 0.25) is 5.91 Å². The van der Waals surface area contributed by atoms with Crippen LogP contribution in [0.3, 0.4) is 0 Å². The predicted octanol–water partition coefficient (Wildman–Crippen LogP) is 5.00. The van der Waals surface area contributed by atoms with Crippen LogP contribution in [-0.2, 0) is 11.3 Å². The summed E-state index contributed by atoms with van der Waals surface area (Å²) < 4.78 is 0. The Bertz CT molecular complexity index is 857. The number of amides is 3.